The molecule has 0 spiro atoms. The number of rotatable bonds is 6. The Balaban J connectivity index is 1.56. The van der Waals surface area contributed by atoms with Gasteiger partial charge in [-0.3, -0.25) is 24.2 Å². The third-order valence-corrected chi connectivity index (χ3v) is 5.89. The van der Waals surface area contributed by atoms with Crippen molar-refractivity contribution in [3.63, 3.8) is 0 Å². The number of benzene rings is 2. The third kappa shape index (κ3) is 4.43. The lowest BCUT2D eigenvalue weighted by atomic mass is 10.0. The van der Waals surface area contributed by atoms with Gasteiger partial charge in [-0.1, -0.05) is 42.5 Å². The Morgan fingerprint density at radius 3 is 2.16 bits per heavy atom. The van der Waals surface area contributed by atoms with Crippen LogP contribution in [0.25, 0.3) is 5.57 Å². The minimum absolute atomic E-state index is 0.157. The lowest BCUT2D eigenvalue weighted by Gasteiger charge is -2.36. The summed E-state index contributed by atoms with van der Waals surface area (Å²) < 4.78 is 0. The zero-order valence-corrected chi connectivity index (χ0v) is 18.5. The Labute approximate surface area is 188 Å². The average Bonchev–Trinajstić information content (AvgIpc) is 3.04. The van der Waals surface area contributed by atoms with E-state index in [1.165, 1.54) is 17.4 Å². The SMILES string of the molecule is CCN1C(=O)C(c2ccc(NC(C)=O)cc2)=C(N2CCN(Cc3ccccc3)CC2)C1=O. The molecular weight excluding hydrogens is 404 g/mol. The van der Waals surface area contributed by atoms with Crippen molar-refractivity contribution in [3.05, 3.63) is 71.4 Å². The van der Waals surface area contributed by atoms with E-state index in [1.807, 2.05) is 25.1 Å². The van der Waals surface area contributed by atoms with Gasteiger partial charge in [-0.25, -0.2) is 0 Å². The summed E-state index contributed by atoms with van der Waals surface area (Å²) >= 11 is 0. The van der Waals surface area contributed by atoms with Crippen molar-refractivity contribution in [2.24, 2.45) is 0 Å². The van der Waals surface area contributed by atoms with Gasteiger partial charge < -0.3 is 10.2 Å². The number of hydrogen-bond acceptors (Lipinski definition) is 5. The summed E-state index contributed by atoms with van der Waals surface area (Å²) in [6, 6.07) is 17.4. The first kappa shape index (κ1) is 21.8. The third-order valence-electron chi connectivity index (χ3n) is 5.89. The Morgan fingerprint density at radius 2 is 1.56 bits per heavy atom. The predicted octanol–water partition coefficient (Wildman–Crippen LogP) is 2.56. The van der Waals surface area contributed by atoms with Gasteiger partial charge >= 0.3 is 0 Å². The second-order valence-corrected chi connectivity index (χ2v) is 8.09. The van der Waals surface area contributed by atoms with E-state index in [2.05, 4.69) is 27.2 Å². The van der Waals surface area contributed by atoms with Crippen LogP contribution < -0.4 is 5.32 Å². The topological polar surface area (TPSA) is 73.0 Å². The Morgan fingerprint density at radius 1 is 0.906 bits per heavy atom. The van der Waals surface area contributed by atoms with E-state index in [1.54, 1.807) is 24.3 Å². The van der Waals surface area contributed by atoms with E-state index in [-0.39, 0.29) is 17.7 Å². The van der Waals surface area contributed by atoms with Gasteiger partial charge in [0.1, 0.15) is 5.70 Å². The van der Waals surface area contributed by atoms with Crippen molar-refractivity contribution in [3.8, 4) is 0 Å². The summed E-state index contributed by atoms with van der Waals surface area (Å²) in [6.45, 7) is 7.49. The van der Waals surface area contributed by atoms with Crippen molar-refractivity contribution in [1.29, 1.82) is 0 Å². The molecule has 0 radical (unpaired) electrons. The van der Waals surface area contributed by atoms with E-state index >= 15 is 0 Å². The van der Waals surface area contributed by atoms with Crippen molar-refractivity contribution in [1.82, 2.24) is 14.7 Å². The van der Waals surface area contributed by atoms with Crippen molar-refractivity contribution in [2.45, 2.75) is 20.4 Å². The molecule has 7 nitrogen and oxygen atoms in total. The second kappa shape index (κ2) is 9.36. The van der Waals surface area contributed by atoms with Crippen LogP contribution in [0, 0.1) is 0 Å². The van der Waals surface area contributed by atoms with Crippen molar-refractivity contribution < 1.29 is 14.4 Å². The second-order valence-electron chi connectivity index (χ2n) is 8.09. The quantitative estimate of drug-likeness (QED) is 0.711. The number of nitrogens with one attached hydrogen (secondary N) is 1. The summed E-state index contributed by atoms with van der Waals surface area (Å²) in [4.78, 5) is 43.3. The Kier molecular flexibility index (Phi) is 6.37. The first-order chi connectivity index (χ1) is 15.5. The fourth-order valence-electron chi connectivity index (χ4n) is 4.30. The molecule has 1 saturated heterocycles. The van der Waals surface area contributed by atoms with Crippen LogP contribution in [-0.4, -0.2) is 65.1 Å². The molecule has 7 heteroatoms. The van der Waals surface area contributed by atoms with Gasteiger partial charge in [0.2, 0.25) is 5.91 Å². The molecule has 0 saturated carbocycles. The molecule has 2 aromatic carbocycles. The molecule has 3 amide bonds. The first-order valence-electron chi connectivity index (χ1n) is 11.0. The fourth-order valence-corrected chi connectivity index (χ4v) is 4.30. The highest BCUT2D eigenvalue weighted by Gasteiger charge is 2.41. The van der Waals surface area contributed by atoms with E-state index in [0.29, 0.717) is 42.2 Å². The zero-order valence-electron chi connectivity index (χ0n) is 18.5. The molecule has 0 atom stereocenters. The maximum Gasteiger partial charge on any atom is 0.277 e. The van der Waals surface area contributed by atoms with Crippen LogP contribution in [0.15, 0.2) is 60.3 Å². The van der Waals surface area contributed by atoms with Crippen LogP contribution in [0.4, 0.5) is 5.69 Å². The molecule has 2 aliphatic heterocycles. The maximum atomic E-state index is 13.1. The molecule has 4 rings (SSSR count). The number of anilines is 1. The van der Waals surface area contributed by atoms with Crippen LogP contribution in [-0.2, 0) is 20.9 Å². The number of imide groups is 1. The smallest absolute Gasteiger partial charge is 0.277 e. The molecule has 0 aliphatic carbocycles. The number of hydrogen-bond donors (Lipinski definition) is 1. The monoisotopic (exact) mass is 432 g/mol. The van der Waals surface area contributed by atoms with Gasteiger partial charge in [0, 0.05) is 51.9 Å². The summed E-state index contributed by atoms with van der Waals surface area (Å²) in [6.07, 6.45) is 0. The van der Waals surface area contributed by atoms with Crippen LogP contribution in [0.1, 0.15) is 25.0 Å². The minimum atomic E-state index is -0.258. The Hall–Kier alpha value is -3.45. The highest BCUT2D eigenvalue weighted by Crippen LogP contribution is 2.32. The molecule has 2 aromatic rings. The van der Waals surface area contributed by atoms with Gasteiger partial charge in [0.25, 0.3) is 11.8 Å². The van der Waals surface area contributed by atoms with E-state index < -0.39 is 0 Å². The molecule has 1 fully saturated rings. The summed E-state index contributed by atoms with van der Waals surface area (Å²) in [5.41, 5.74) is 3.55. The number of nitrogens with zero attached hydrogens (tertiary/aromatic N) is 3. The van der Waals surface area contributed by atoms with Gasteiger partial charge in [-0.15, -0.1) is 0 Å². The van der Waals surface area contributed by atoms with Crippen LogP contribution >= 0.6 is 0 Å². The molecule has 0 aromatic heterocycles. The highest BCUT2D eigenvalue weighted by atomic mass is 16.2. The molecule has 0 bridgehead atoms. The highest BCUT2D eigenvalue weighted by molar-refractivity contribution is 6.35. The summed E-state index contributed by atoms with van der Waals surface area (Å²) in [7, 11) is 0. The standard InChI is InChI=1S/C25H28N4O3/c1-3-29-24(31)22(20-9-11-21(12-10-20)26-18(2)30)23(25(29)32)28-15-13-27(14-16-28)17-19-7-5-4-6-8-19/h4-12H,3,13-17H2,1-2H3,(H,26,30). The number of carbonyl (C=O) groups is 3. The average molecular weight is 433 g/mol. The van der Waals surface area contributed by atoms with Crippen LogP contribution in [0.2, 0.25) is 0 Å². The van der Waals surface area contributed by atoms with Gasteiger partial charge in [-0.2, -0.15) is 0 Å². The van der Waals surface area contributed by atoms with E-state index in [9.17, 15) is 14.4 Å². The van der Waals surface area contributed by atoms with Crippen LogP contribution in [0.3, 0.4) is 0 Å². The molecule has 2 aliphatic rings. The summed E-state index contributed by atoms with van der Waals surface area (Å²) in [5.74, 6) is -0.642. The zero-order chi connectivity index (χ0) is 22.7. The minimum Gasteiger partial charge on any atom is -0.364 e. The van der Waals surface area contributed by atoms with Gasteiger partial charge in [0.05, 0.1) is 5.57 Å². The molecule has 1 N–H and O–H groups in total. The van der Waals surface area contributed by atoms with E-state index in [4.69, 9.17) is 0 Å². The van der Waals surface area contributed by atoms with Gasteiger partial charge in [-0.05, 0) is 30.2 Å². The fraction of sp³-hybridized carbons (Fsp3) is 0.320. The van der Waals surface area contributed by atoms with Crippen molar-refractivity contribution >= 4 is 29.0 Å². The number of likely N-dealkylation sites (N-methyl/N-ethyl adjacent to an activating group) is 1. The predicted molar refractivity (Wildman–Crippen MR) is 123 cm³/mol. The lowest BCUT2D eigenvalue weighted by molar-refractivity contribution is -0.137. The molecule has 166 valence electrons. The van der Waals surface area contributed by atoms with Crippen LogP contribution in [0.5, 0.6) is 0 Å². The normalized spacial score (nSPS) is 17.3. The first-order valence-corrected chi connectivity index (χ1v) is 11.0. The molecular formula is C25H28N4O3. The number of amides is 3. The Bertz CT molecular complexity index is 1040. The lowest BCUT2D eigenvalue weighted by Crippen LogP contribution is -2.47. The van der Waals surface area contributed by atoms with E-state index in [0.717, 1.165) is 19.6 Å². The number of piperazine rings is 1. The van der Waals surface area contributed by atoms with Gasteiger partial charge in [0.15, 0.2) is 0 Å². The number of carbonyl (C=O) groups excluding carboxylic acids is 3. The largest absolute Gasteiger partial charge is 0.364 e. The van der Waals surface area contributed by atoms with Crippen molar-refractivity contribution in [2.75, 3.05) is 38.0 Å². The maximum absolute atomic E-state index is 13.1. The molecule has 2 heterocycles. The summed E-state index contributed by atoms with van der Waals surface area (Å²) in [5, 5.41) is 2.73. The molecule has 0 unspecified atom stereocenters. The molecule has 32 heavy (non-hydrogen) atoms.